The summed E-state index contributed by atoms with van der Waals surface area (Å²) >= 11 is 0. The molecule has 2 N–H and O–H groups in total. The molecule has 2 aromatic heterocycles. The number of aryl methyl sites for hydroxylation is 2. The maximum absolute atomic E-state index is 12.4. The van der Waals surface area contributed by atoms with Crippen LogP contribution in [0.25, 0.3) is 5.69 Å². The lowest BCUT2D eigenvalue weighted by atomic mass is 9.96. The number of para-hydroxylation sites is 1. The van der Waals surface area contributed by atoms with E-state index >= 15 is 0 Å². The summed E-state index contributed by atoms with van der Waals surface area (Å²) in [6.07, 6.45) is 3.16. The van der Waals surface area contributed by atoms with E-state index in [0.29, 0.717) is 16.9 Å². The van der Waals surface area contributed by atoms with Crippen molar-refractivity contribution in [2.75, 3.05) is 6.54 Å². The van der Waals surface area contributed by atoms with Gasteiger partial charge in [-0.1, -0.05) is 18.2 Å². The number of carbonyl (C=O) groups excluding carboxylic acids is 1. The van der Waals surface area contributed by atoms with Gasteiger partial charge >= 0.3 is 0 Å². The zero-order valence-corrected chi connectivity index (χ0v) is 14.5. The summed E-state index contributed by atoms with van der Waals surface area (Å²) in [4.78, 5) is 12.4. The van der Waals surface area contributed by atoms with Gasteiger partial charge in [0.1, 0.15) is 17.1 Å². The molecule has 6 nitrogen and oxygen atoms in total. The highest BCUT2D eigenvalue weighted by molar-refractivity contribution is 5.93. The van der Waals surface area contributed by atoms with Crippen LogP contribution in [0.5, 0.6) is 0 Å². The fourth-order valence-electron chi connectivity index (χ4n) is 2.78. The van der Waals surface area contributed by atoms with Gasteiger partial charge in [-0.05, 0) is 39.0 Å². The average molecular weight is 339 g/mol. The first-order valence-corrected chi connectivity index (χ1v) is 8.05. The molecule has 1 amide bonds. The van der Waals surface area contributed by atoms with E-state index in [2.05, 4.69) is 10.4 Å². The first-order chi connectivity index (χ1) is 11.9. The molecular formula is C19H21N3O3. The van der Waals surface area contributed by atoms with Crippen LogP contribution in [-0.4, -0.2) is 27.3 Å². The SMILES string of the molecule is Cc1cc([C@@](C)(O)CNC(=O)c2cnn(-c3ccccc3)c2)c(C)o1. The summed E-state index contributed by atoms with van der Waals surface area (Å²) in [7, 11) is 0. The maximum Gasteiger partial charge on any atom is 0.254 e. The molecule has 0 saturated carbocycles. The Kier molecular flexibility index (Phi) is 4.46. The number of carbonyl (C=O) groups is 1. The maximum atomic E-state index is 12.4. The van der Waals surface area contributed by atoms with Gasteiger partial charge in [-0.15, -0.1) is 0 Å². The first kappa shape index (κ1) is 17.0. The summed E-state index contributed by atoms with van der Waals surface area (Å²) in [5.41, 5.74) is 0.760. The fraction of sp³-hybridized carbons (Fsp3) is 0.263. The highest BCUT2D eigenvalue weighted by Gasteiger charge is 2.28. The summed E-state index contributed by atoms with van der Waals surface area (Å²) in [6, 6.07) is 11.3. The number of rotatable bonds is 5. The van der Waals surface area contributed by atoms with E-state index in [1.165, 1.54) is 6.20 Å². The second-order valence-electron chi connectivity index (χ2n) is 6.29. The summed E-state index contributed by atoms with van der Waals surface area (Å²) in [6.45, 7) is 5.34. The van der Waals surface area contributed by atoms with Gasteiger partial charge in [0.25, 0.3) is 5.91 Å². The quantitative estimate of drug-likeness (QED) is 0.749. The summed E-state index contributed by atoms with van der Waals surface area (Å²) in [5, 5.41) is 17.6. The fourth-order valence-corrected chi connectivity index (χ4v) is 2.78. The second kappa shape index (κ2) is 6.57. The molecule has 0 aliphatic rings. The van der Waals surface area contributed by atoms with E-state index < -0.39 is 5.60 Å². The first-order valence-electron chi connectivity index (χ1n) is 8.05. The molecule has 0 unspecified atom stereocenters. The lowest BCUT2D eigenvalue weighted by Crippen LogP contribution is -2.38. The molecule has 1 aromatic carbocycles. The molecule has 3 rings (SSSR count). The van der Waals surface area contributed by atoms with Crippen LogP contribution in [0, 0.1) is 13.8 Å². The molecule has 0 saturated heterocycles. The molecule has 0 fully saturated rings. The number of nitrogens with zero attached hydrogens (tertiary/aromatic N) is 2. The van der Waals surface area contributed by atoms with Crippen molar-refractivity contribution >= 4 is 5.91 Å². The van der Waals surface area contributed by atoms with Gasteiger partial charge in [0.05, 0.1) is 24.0 Å². The monoisotopic (exact) mass is 339 g/mol. The van der Waals surface area contributed by atoms with Crippen molar-refractivity contribution in [1.82, 2.24) is 15.1 Å². The number of amides is 1. The Hall–Kier alpha value is -2.86. The van der Waals surface area contributed by atoms with Crippen LogP contribution in [0.15, 0.2) is 53.2 Å². The minimum atomic E-state index is -1.22. The predicted octanol–water partition coefficient (Wildman–Crippen LogP) is 2.72. The zero-order valence-electron chi connectivity index (χ0n) is 14.5. The van der Waals surface area contributed by atoms with Crippen LogP contribution in [0.4, 0.5) is 0 Å². The van der Waals surface area contributed by atoms with Gasteiger partial charge in [0.2, 0.25) is 0 Å². The number of hydrogen-bond acceptors (Lipinski definition) is 4. The van der Waals surface area contributed by atoms with Crippen molar-refractivity contribution in [2.45, 2.75) is 26.4 Å². The van der Waals surface area contributed by atoms with E-state index in [4.69, 9.17) is 4.42 Å². The van der Waals surface area contributed by atoms with Gasteiger partial charge in [0, 0.05) is 11.8 Å². The predicted molar refractivity (Wildman–Crippen MR) is 93.7 cm³/mol. The Morgan fingerprint density at radius 2 is 2.04 bits per heavy atom. The number of aromatic nitrogens is 2. The van der Waals surface area contributed by atoms with Crippen molar-refractivity contribution in [2.24, 2.45) is 0 Å². The van der Waals surface area contributed by atoms with Crippen molar-refractivity contribution in [3.63, 3.8) is 0 Å². The van der Waals surface area contributed by atoms with Gasteiger partial charge < -0.3 is 14.8 Å². The molecule has 25 heavy (non-hydrogen) atoms. The minimum absolute atomic E-state index is 0.0716. The molecule has 0 aliphatic carbocycles. The van der Waals surface area contributed by atoms with Crippen LogP contribution in [0.3, 0.4) is 0 Å². The summed E-state index contributed by atoms with van der Waals surface area (Å²) in [5.74, 6) is 1.08. The average Bonchev–Trinajstić information content (AvgIpc) is 3.20. The van der Waals surface area contributed by atoms with Crippen molar-refractivity contribution in [3.05, 3.63) is 71.4 Å². The third-order valence-electron chi connectivity index (χ3n) is 4.08. The van der Waals surface area contributed by atoms with E-state index in [1.54, 1.807) is 30.8 Å². The molecule has 0 spiro atoms. The number of furan rings is 1. The Bertz CT molecular complexity index is 878. The number of benzene rings is 1. The van der Waals surface area contributed by atoms with E-state index in [1.807, 2.05) is 37.3 Å². The van der Waals surface area contributed by atoms with Crippen LogP contribution in [0.2, 0.25) is 0 Å². The van der Waals surface area contributed by atoms with Crippen molar-refractivity contribution < 1.29 is 14.3 Å². The Morgan fingerprint density at radius 1 is 1.32 bits per heavy atom. The Balaban J connectivity index is 1.69. The number of aliphatic hydroxyl groups is 1. The molecule has 0 radical (unpaired) electrons. The molecular weight excluding hydrogens is 318 g/mol. The van der Waals surface area contributed by atoms with Crippen LogP contribution < -0.4 is 5.32 Å². The van der Waals surface area contributed by atoms with Crippen molar-refractivity contribution in [1.29, 1.82) is 0 Å². The largest absolute Gasteiger partial charge is 0.466 e. The standard InChI is InChI=1S/C19H21N3O3/c1-13-9-17(14(2)25-13)19(3,24)12-20-18(23)15-10-21-22(11-15)16-7-5-4-6-8-16/h4-11,24H,12H2,1-3H3,(H,20,23)/t19-/m0/s1. The Labute approximate surface area is 146 Å². The van der Waals surface area contributed by atoms with Gasteiger partial charge in [-0.25, -0.2) is 4.68 Å². The number of nitrogens with one attached hydrogen (secondary N) is 1. The third kappa shape index (κ3) is 3.64. The second-order valence-corrected chi connectivity index (χ2v) is 6.29. The van der Waals surface area contributed by atoms with Crippen LogP contribution in [-0.2, 0) is 5.60 Å². The normalized spacial score (nSPS) is 13.4. The minimum Gasteiger partial charge on any atom is -0.466 e. The van der Waals surface area contributed by atoms with Gasteiger partial charge in [-0.2, -0.15) is 5.10 Å². The molecule has 0 aliphatic heterocycles. The molecule has 1 atom stereocenters. The van der Waals surface area contributed by atoms with E-state index in [0.717, 1.165) is 11.4 Å². The van der Waals surface area contributed by atoms with E-state index in [9.17, 15) is 9.90 Å². The molecule has 0 bridgehead atoms. The molecule has 6 heteroatoms. The molecule has 130 valence electrons. The zero-order chi connectivity index (χ0) is 18.0. The highest BCUT2D eigenvalue weighted by atomic mass is 16.3. The van der Waals surface area contributed by atoms with Crippen LogP contribution >= 0.6 is 0 Å². The third-order valence-corrected chi connectivity index (χ3v) is 4.08. The van der Waals surface area contributed by atoms with Gasteiger partial charge in [0.15, 0.2) is 0 Å². The van der Waals surface area contributed by atoms with Gasteiger partial charge in [-0.3, -0.25) is 4.79 Å². The van der Waals surface area contributed by atoms with Crippen molar-refractivity contribution in [3.8, 4) is 5.69 Å². The Morgan fingerprint density at radius 3 is 2.68 bits per heavy atom. The lowest BCUT2D eigenvalue weighted by molar-refractivity contribution is 0.0514. The number of hydrogen-bond donors (Lipinski definition) is 2. The molecule has 3 aromatic rings. The smallest absolute Gasteiger partial charge is 0.254 e. The van der Waals surface area contributed by atoms with E-state index in [-0.39, 0.29) is 12.5 Å². The highest BCUT2D eigenvalue weighted by Crippen LogP contribution is 2.26. The molecule has 2 heterocycles. The summed E-state index contributed by atoms with van der Waals surface area (Å²) < 4.78 is 7.09. The topological polar surface area (TPSA) is 80.3 Å². The van der Waals surface area contributed by atoms with Crippen LogP contribution in [0.1, 0.15) is 34.4 Å². The lowest BCUT2D eigenvalue weighted by Gasteiger charge is -2.23.